The molecular formula is C36H53N4NaO12S. The van der Waals surface area contributed by atoms with Crippen LogP contribution in [0.1, 0.15) is 82.0 Å². The van der Waals surface area contributed by atoms with Crippen molar-refractivity contribution in [1.29, 1.82) is 0 Å². The molecule has 18 heteroatoms. The number of hydrogen-bond acceptors (Lipinski definition) is 11. The third kappa shape index (κ3) is 20.0. The van der Waals surface area contributed by atoms with Crippen LogP contribution in [0.15, 0.2) is 54.6 Å². The molecule has 0 spiro atoms. The molecular weight excluding hydrogens is 735 g/mol. The molecule has 0 bridgehead atoms. The first-order valence-corrected chi connectivity index (χ1v) is 18.9. The molecule has 4 atom stereocenters. The van der Waals surface area contributed by atoms with E-state index in [0.717, 1.165) is 58.7 Å². The largest absolute Gasteiger partial charge is 1.00 e. The number of carbonyl (C=O) groups excluding carboxylic acids is 4. The van der Waals surface area contributed by atoms with E-state index >= 15 is 0 Å². The van der Waals surface area contributed by atoms with Gasteiger partial charge in [0.2, 0.25) is 17.7 Å². The Balaban J connectivity index is 0.00000192. The van der Waals surface area contributed by atoms with Gasteiger partial charge in [-0.1, -0.05) is 50.8 Å². The SMILES string of the molecule is CCCCCC(=O)N(CCCCCCNC(=O)c1ccccc1)CCC(=O)Nc1ccc(O[C@H]2O[CH-][C@H](O)[C@H](O)[C@H]2NC(C)=O)cc1.COS(=O)(=O)O.[Na+]. The summed E-state index contributed by atoms with van der Waals surface area (Å²) in [4.78, 5) is 51.3. The normalized spacial score (nSPS) is 17.8. The van der Waals surface area contributed by atoms with Crippen LogP contribution in [0, 0.1) is 6.61 Å². The van der Waals surface area contributed by atoms with Crippen LogP contribution in [0.2, 0.25) is 0 Å². The topological polar surface area (TPSA) is 230 Å². The number of nitrogens with one attached hydrogen (secondary N) is 3. The van der Waals surface area contributed by atoms with E-state index in [2.05, 4.69) is 27.1 Å². The Labute approximate surface area is 339 Å². The Kier molecular flexibility index (Phi) is 24.1. The Morgan fingerprint density at radius 2 is 1.56 bits per heavy atom. The first-order chi connectivity index (χ1) is 25.2. The Morgan fingerprint density at radius 3 is 2.17 bits per heavy atom. The maximum atomic E-state index is 13.0. The van der Waals surface area contributed by atoms with Crippen LogP contribution in [0.25, 0.3) is 0 Å². The zero-order valence-corrected chi connectivity index (χ0v) is 34.3. The number of anilines is 1. The molecule has 6 N–H and O–H groups in total. The Bertz CT molecular complexity index is 1520. The quantitative estimate of drug-likeness (QED) is 0.0450. The maximum Gasteiger partial charge on any atom is 1.00 e. The molecule has 1 fully saturated rings. The number of benzene rings is 2. The molecule has 0 saturated carbocycles. The number of unbranched alkanes of at least 4 members (excludes halogenated alkanes) is 5. The van der Waals surface area contributed by atoms with Gasteiger partial charge in [0.1, 0.15) is 11.8 Å². The third-order valence-electron chi connectivity index (χ3n) is 7.97. The van der Waals surface area contributed by atoms with E-state index in [0.29, 0.717) is 43.1 Å². The number of aliphatic hydroxyl groups is 2. The van der Waals surface area contributed by atoms with E-state index in [9.17, 15) is 37.8 Å². The molecule has 54 heavy (non-hydrogen) atoms. The molecule has 1 aliphatic rings. The van der Waals surface area contributed by atoms with Crippen molar-refractivity contribution in [2.45, 2.75) is 96.2 Å². The van der Waals surface area contributed by atoms with Gasteiger partial charge in [0.05, 0.1) is 13.2 Å². The minimum absolute atomic E-state index is 0. The second-order valence-electron chi connectivity index (χ2n) is 12.3. The number of ether oxygens (including phenoxy) is 2. The summed E-state index contributed by atoms with van der Waals surface area (Å²) in [5, 5.41) is 28.4. The summed E-state index contributed by atoms with van der Waals surface area (Å²) in [6, 6.07) is 14.6. The fourth-order valence-corrected chi connectivity index (χ4v) is 5.12. The predicted molar refractivity (Wildman–Crippen MR) is 196 cm³/mol. The molecule has 2 aromatic rings. The second kappa shape index (κ2) is 26.6. The molecule has 2 aromatic carbocycles. The number of hydrogen-bond donors (Lipinski definition) is 6. The standard InChI is InChI=1S/C35H49N4O8.CH4O4S.Na/c1-3-4-8-15-31(43)39(22-12-6-5-11-21-36-34(45)26-13-9-7-10-14-26)23-20-30(42)38-27-16-18-28(19-17-27)47-35-32(37-25(2)40)33(44)29(41)24-46-35;1-5-6(2,3)4;/h7,9-10,13-14,16-19,24,29,32-33,35,41,44H,3-6,8,11-12,15,20-23H2,1-2H3,(H,36,45)(H,37,40)(H,38,42);1H3,(H,2,3,4);/q-1;;+1/t29-,32+,33-,35+;;/m0../s1. The molecule has 0 unspecified atom stereocenters. The summed E-state index contributed by atoms with van der Waals surface area (Å²) >= 11 is 0. The molecule has 0 aromatic heterocycles. The fraction of sp³-hybridized carbons (Fsp3) is 0.528. The van der Waals surface area contributed by atoms with Gasteiger partial charge in [0.15, 0.2) is 6.29 Å². The molecule has 4 amide bonds. The maximum absolute atomic E-state index is 13.0. The van der Waals surface area contributed by atoms with Gasteiger partial charge >= 0.3 is 40.0 Å². The van der Waals surface area contributed by atoms with Crippen molar-refractivity contribution in [3.05, 3.63) is 66.8 Å². The van der Waals surface area contributed by atoms with Crippen molar-refractivity contribution in [2.75, 3.05) is 32.1 Å². The van der Waals surface area contributed by atoms with Crippen molar-refractivity contribution in [2.24, 2.45) is 0 Å². The van der Waals surface area contributed by atoms with Crippen molar-refractivity contribution in [3.63, 3.8) is 0 Å². The minimum Gasteiger partial charge on any atom is -0.516 e. The summed E-state index contributed by atoms with van der Waals surface area (Å²) in [7, 11) is -3.29. The van der Waals surface area contributed by atoms with Gasteiger partial charge in [-0.3, -0.25) is 27.9 Å². The number of carbonyl (C=O) groups is 4. The van der Waals surface area contributed by atoms with E-state index in [-0.39, 0.29) is 53.7 Å². The number of nitrogens with zero attached hydrogens (tertiary/aromatic N) is 1. The summed E-state index contributed by atoms with van der Waals surface area (Å²) in [5.74, 6) is -0.305. The van der Waals surface area contributed by atoms with Gasteiger partial charge in [-0.15, -0.1) is 0 Å². The van der Waals surface area contributed by atoms with Crippen LogP contribution in [0.4, 0.5) is 5.69 Å². The minimum atomic E-state index is -4.16. The van der Waals surface area contributed by atoms with Crippen molar-refractivity contribution in [3.8, 4) is 5.75 Å². The molecule has 1 saturated heterocycles. The predicted octanol–water partition coefficient (Wildman–Crippen LogP) is -0.0225. The van der Waals surface area contributed by atoms with Gasteiger partial charge in [-0.25, -0.2) is 0 Å². The molecule has 0 aliphatic carbocycles. The van der Waals surface area contributed by atoms with Gasteiger partial charge in [-0.05, 0) is 61.8 Å². The van der Waals surface area contributed by atoms with Gasteiger partial charge < -0.3 is 40.5 Å². The smallest absolute Gasteiger partial charge is 0.516 e. The first-order valence-electron chi connectivity index (χ1n) is 17.6. The van der Waals surface area contributed by atoms with Crippen molar-refractivity contribution >= 4 is 39.7 Å². The van der Waals surface area contributed by atoms with Gasteiger partial charge in [-0.2, -0.15) is 15.0 Å². The van der Waals surface area contributed by atoms with Crippen LogP contribution in [-0.2, 0) is 33.7 Å². The second-order valence-corrected chi connectivity index (χ2v) is 13.4. The zero-order chi connectivity index (χ0) is 39.2. The van der Waals surface area contributed by atoms with Gasteiger partial charge in [0, 0.05) is 50.7 Å². The summed E-state index contributed by atoms with van der Waals surface area (Å²) in [6.07, 6.45) is 3.28. The average molecular weight is 789 g/mol. The van der Waals surface area contributed by atoms with E-state index in [4.69, 9.17) is 14.0 Å². The molecule has 1 aliphatic heterocycles. The van der Waals surface area contributed by atoms with Crippen LogP contribution >= 0.6 is 0 Å². The van der Waals surface area contributed by atoms with Crippen molar-refractivity contribution in [1.82, 2.24) is 15.5 Å². The van der Waals surface area contributed by atoms with Crippen LogP contribution in [-0.4, -0.2) is 103 Å². The van der Waals surface area contributed by atoms with E-state index in [1.807, 2.05) is 18.2 Å². The van der Waals surface area contributed by atoms with Gasteiger partial charge in [0.25, 0.3) is 5.91 Å². The zero-order valence-electron chi connectivity index (χ0n) is 31.4. The molecule has 16 nitrogen and oxygen atoms in total. The number of aliphatic hydroxyl groups excluding tert-OH is 2. The van der Waals surface area contributed by atoms with Crippen LogP contribution in [0.3, 0.4) is 0 Å². The Hall–Kier alpha value is -3.13. The van der Waals surface area contributed by atoms with E-state index in [1.54, 1.807) is 41.3 Å². The monoisotopic (exact) mass is 788 g/mol. The van der Waals surface area contributed by atoms with E-state index < -0.39 is 40.8 Å². The van der Waals surface area contributed by atoms with Crippen LogP contribution < -0.4 is 50.2 Å². The summed E-state index contributed by atoms with van der Waals surface area (Å²) < 4.78 is 40.8. The summed E-state index contributed by atoms with van der Waals surface area (Å²) in [5.41, 5.74) is 1.18. The Morgan fingerprint density at radius 1 is 0.907 bits per heavy atom. The number of amides is 4. The molecule has 1 heterocycles. The third-order valence-corrected chi connectivity index (χ3v) is 8.39. The van der Waals surface area contributed by atoms with E-state index in [1.165, 1.54) is 6.92 Å². The molecule has 296 valence electrons. The first kappa shape index (κ1) is 48.9. The number of rotatable bonds is 20. The van der Waals surface area contributed by atoms with Crippen molar-refractivity contribution < 1.29 is 85.6 Å². The fourth-order valence-electron chi connectivity index (χ4n) is 5.12. The molecule has 0 radical (unpaired) electrons. The molecule has 3 rings (SSSR count). The summed E-state index contributed by atoms with van der Waals surface area (Å²) in [6.45, 7) is 5.92. The van der Waals surface area contributed by atoms with Crippen LogP contribution in [0.5, 0.6) is 5.75 Å². The average Bonchev–Trinajstić information content (AvgIpc) is 3.13.